The number of anilines is 1. The van der Waals surface area contributed by atoms with E-state index in [-0.39, 0.29) is 12.1 Å². The number of hydrogen-bond acceptors (Lipinski definition) is 8. The molecule has 1 saturated heterocycles. The van der Waals surface area contributed by atoms with Crippen LogP contribution in [0.3, 0.4) is 0 Å². The van der Waals surface area contributed by atoms with Crippen molar-refractivity contribution in [3.8, 4) is 0 Å². The number of hydrogen-bond donors (Lipinski definition) is 5. The van der Waals surface area contributed by atoms with Crippen molar-refractivity contribution in [2.24, 2.45) is 0 Å². The van der Waals surface area contributed by atoms with Crippen molar-refractivity contribution in [2.75, 3.05) is 5.32 Å². The van der Waals surface area contributed by atoms with Crippen molar-refractivity contribution in [2.45, 2.75) is 43.9 Å². The number of aliphatic carboxylic acids is 1. The molecule has 0 radical (unpaired) electrons. The zero-order chi connectivity index (χ0) is 23.9. The molecule has 3 rings (SSSR count). The van der Waals surface area contributed by atoms with Crippen molar-refractivity contribution < 1.29 is 42.6 Å². The van der Waals surface area contributed by atoms with E-state index < -0.39 is 29.4 Å². The molecule has 0 bridgehead atoms. The number of nitrogens with zero attached hydrogens (tertiary/aromatic N) is 2. The molecule has 15 heteroatoms. The summed E-state index contributed by atoms with van der Waals surface area (Å²) >= 11 is 0.841. The number of halogens is 3. The lowest BCUT2D eigenvalue weighted by Crippen LogP contribution is -2.39. The van der Waals surface area contributed by atoms with E-state index in [1.54, 1.807) is 18.3 Å². The van der Waals surface area contributed by atoms with Gasteiger partial charge >= 0.3 is 18.2 Å². The number of rotatable bonds is 4. The topological polar surface area (TPSA) is 171 Å². The van der Waals surface area contributed by atoms with Crippen LogP contribution in [0.15, 0.2) is 17.2 Å². The van der Waals surface area contributed by atoms with E-state index in [1.807, 2.05) is 0 Å². The number of carboxylic acids is 1. The van der Waals surface area contributed by atoms with Crippen molar-refractivity contribution >= 4 is 47.0 Å². The molecule has 1 aromatic heterocycles. The highest BCUT2D eigenvalue weighted by Gasteiger charge is 2.38. The lowest BCUT2D eigenvalue weighted by atomic mass is 9.91. The zero-order valence-electron chi connectivity index (χ0n) is 16.2. The van der Waals surface area contributed by atoms with Crippen LogP contribution in [0.2, 0.25) is 0 Å². The second-order valence-corrected chi connectivity index (χ2v) is 7.62. The summed E-state index contributed by atoms with van der Waals surface area (Å²) in [6, 6.07) is 1.81. The molecule has 0 aromatic carbocycles. The summed E-state index contributed by atoms with van der Waals surface area (Å²) in [5, 5.41) is 23.4. The first kappa shape index (κ1) is 24.9. The first-order valence-electron chi connectivity index (χ1n) is 9.08. The van der Waals surface area contributed by atoms with Gasteiger partial charge in [0.15, 0.2) is 0 Å². The van der Waals surface area contributed by atoms with E-state index in [0.29, 0.717) is 16.5 Å². The number of carbonyl (C=O) groups excluding carboxylic acids is 2. The molecule has 0 unspecified atom stereocenters. The second kappa shape index (κ2) is 10.8. The van der Waals surface area contributed by atoms with E-state index in [4.69, 9.17) is 15.0 Å². The van der Waals surface area contributed by atoms with Gasteiger partial charge in [-0.15, -0.1) is 0 Å². The normalized spacial score (nSPS) is 21.9. The standard InChI is InChI=1S/C15H17N5O4S.C2HF3O2/c21-12-11(25-15(24)20-12)7-10-5-6-16-13(18-10)17-8-1-3-9(4-2-8)19-14(22)23;3-2(4,5)1(6)7/h5-9,19H,1-4H2,(H,22,23)(H,16,17,18)(H,20,21,24);(H,6,7)/b11-7-;/t8-,9-;. The minimum Gasteiger partial charge on any atom is -0.475 e. The number of carbonyl (C=O) groups is 4. The molecule has 0 spiro atoms. The Morgan fingerprint density at radius 1 is 1.16 bits per heavy atom. The maximum Gasteiger partial charge on any atom is 0.490 e. The Labute approximate surface area is 182 Å². The van der Waals surface area contributed by atoms with Crippen LogP contribution in [0.25, 0.3) is 6.08 Å². The van der Waals surface area contributed by atoms with E-state index >= 15 is 0 Å². The Morgan fingerprint density at radius 3 is 2.25 bits per heavy atom. The van der Waals surface area contributed by atoms with Crippen LogP contribution in [-0.2, 0) is 9.59 Å². The highest BCUT2D eigenvalue weighted by atomic mass is 32.2. The van der Waals surface area contributed by atoms with E-state index in [9.17, 15) is 27.6 Å². The van der Waals surface area contributed by atoms with Crippen LogP contribution in [0.1, 0.15) is 31.4 Å². The van der Waals surface area contributed by atoms with Crippen LogP contribution in [0, 0.1) is 0 Å². The van der Waals surface area contributed by atoms with Crippen LogP contribution in [0.5, 0.6) is 0 Å². The Kier molecular flexibility index (Phi) is 8.40. The summed E-state index contributed by atoms with van der Waals surface area (Å²) in [6.07, 6.45) is 0.190. The van der Waals surface area contributed by atoms with Crippen molar-refractivity contribution in [1.82, 2.24) is 20.6 Å². The fraction of sp³-hybridized carbons (Fsp3) is 0.412. The van der Waals surface area contributed by atoms with Gasteiger partial charge in [-0.3, -0.25) is 14.9 Å². The van der Waals surface area contributed by atoms with E-state index in [2.05, 4.69) is 25.9 Å². The lowest BCUT2D eigenvalue weighted by molar-refractivity contribution is -0.192. The molecule has 2 fully saturated rings. The van der Waals surface area contributed by atoms with Crippen LogP contribution in [-0.4, -0.2) is 61.6 Å². The quantitative estimate of drug-likeness (QED) is 0.406. The predicted molar refractivity (Wildman–Crippen MR) is 106 cm³/mol. The molecule has 1 aromatic rings. The lowest BCUT2D eigenvalue weighted by Gasteiger charge is -2.28. The Balaban J connectivity index is 0.000000451. The van der Waals surface area contributed by atoms with Gasteiger partial charge in [-0.1, -0.05) is 0 Å². The van der Waals surface area contributed by atoms with E-state index in [0.717, 1.165) is 37.4 Å². The fourth-order valence-electron chi connectivity index (χ4n) is 2.82. The number of imide groups is 1. The molecule has 5 N–H and O–H groups in total. The average molecular weight is 477 g/mol. The summed E-state index contributed by atoms with van der Waals surface area (Å²) in [5.74, 6) is -2.74. The van der Waals surface area contributed by atoms with Gasteiger partial charge in [0.05, 0.1) is 10.6 Å². The molecule has 1 aliphatic carbocycles. The van der Waals surface area contributed by atoms with Gasteiger partial charge in [-0.2, -0.15) is 13.2 Å². The fourth-order valence-corrected chi connectivity index (χ4v) is 3.48. The Morgan fingerprint density at radius 2 is 1.75 bits per heavy atom. The molecule has 1 aliphatic heterocycles. The van der Waals surface area contributed by atoms with Gasteiger partial charge in [0.2, 0.25) is 5.95 Å². The highest BCUT2D eigenvalue weighted by molar-refractivity contribution is 8.18. The molecule has 1 saturated carbocycles. The molecular formula is C17H18F3N5O6S. The first-order chi connectivity index (χ1) is 14.9. The van der Waals surface area contributed by atoms with Gasteiger partial charge in [0.1, 0.15) is 0 Å². The van der Waals surface area contributed by atoms with E-state index in [1.165, 1.54) is 0 Å². The molecule has 3 amide bonds. The summed E-state index contributed by atoms with van der Waals surface area (Å²) in [5.41, 5.74) is 0.533. The van der Waals surface area contributed by atoms with Gasteiger partial charge in [0, 0.05) is 18.3 Å². The molecule has 2 aliphatic rings. The number of thioether (sulfide) groups is 1. The zero-order valence-corrected chi connectivity index (χ0v) is 17.0. The van der Waals surface area contributed by atoms with Gasteiger partial charge in [-0.25, -0.2) is 19.6 Å². The van der Waals surface area contributed by atoms with Gasteiger partial charge in [-0.05, 0) is 49.6 Å². The van der Waals surface area contributed by atoms with Crippen LogP contribution < -0.4 is 16.0 Å². The number of alkyl halides is 3. The predicted octanol–water partition coefficient (Wildman–Crippen LogP) is 2.42. The summed E-state index contributed by atoms with van der Waals surface area (Å²) in [7, 11) is 0. The van der Waals surface area contributed by atoms with Crippen LogP contribution in [0.4, 0.5) is 28.7 Å². The number of aromatic nitrogens is 2. The van der Waals surface area contributed by atoms with Gasteiger partial charge < -0.3 is 20.8 Å². The number of amides is 3. The van der Waals surface area contributed by atoms with Crippen LogP contribution >= 0.6 is 11.8 Å². The largest absolute Gasteiger partial charge is 0.490 e. The number of nitrogens with one attached hydrogen (secondary N) is 3. The monoisotopic (exact) mass is 477 g/mol. The minimum atomic E-state index is -5.08. The smallest absolute Gasteiger partial charge is 0.475 e. The Hall–Kier alpha value is -3.36. The van der Waals surface area contributed by atoms with Crippen molar-refractivity contribution in [3.63, 3.8) is 0 Å². The van der Waals surface area contributed by atoms with Gasteiger partial charge in [0.25, 0.3) is 11.1 Å². The minimum absolute atomic E-state index is 0.0111. The summed E-state index contributed by atoms with van der Waals surface area (Å²) in [4.78, 5) is 51.1. The summed E-state index contributed by atoms with van der Waals surface area (Å²) in [6.45, 7) is 0. The highest BCUT2D eigenvalue weighted by Crippen LogP contribution is 2.25. The molecule has 0 atom stereocenters. The molecule has 2 heterocycles. The third-order valence-corrected chi connectivity index (χ3v) is 5.04. The number of carboxylic acid groups (broad SMARTS) is 2. The Bertz CT molecular complexity index is 918. The van der Waals surface area contributed by atoms with Crippen molar-refractivity contribution in [3.05, 3.63) is 22.9 Å². The molecule has 11 nitrogen and oxygen atoms in total. The van der Waals surface area contributed by atoms with Crippen molar-refractivity contribution in [1.29, 1.82) is 0 Å². The molecule has 32 heavy (non-hydrogen) atoms. The molecular weight excluding hydrogens is 459 g/mol. The third-order valence-electron chi connectivity index (χ3n) is 4.23. The maximum absolute atomic E-state index is 11.6. The first-order valence-corrected chi connectivity index (χ1v) is 9.89. The second-order valence-electron chi connectivity index (χ2n) is 6.60. The third kappa shape index (κ3) is 8.05. The average Bonchev–Trinajstić information content (AvgIpc) is 3.00. The summed E-state index contributed by atoms with van der Waals surface area (Å²) < 4.78 is 31.7. The SMILES string of the molecule is O=C(O)C(F)(F)F.O=C(O)N[C@H]1CC[C@H](Nc2nccc(/C=C3\SC(=O)NC3=O)n2)CC1. The maximum atomic E-state index is 11.6. The molecule has 174 valence electrons.